The average Bonchev–Trinajstić information content (AvgIpc) is 2.99. The van der Waals surface area contributed by atoms with Gasteiger partial charge >= 0.3 is 12.1 Å². The van der Waals surface area contributed by atoms with Crippen molar-refractivity contribution >= 4 is 24.9 Å². The Morgan fingerprint density at radius 3 is 2.50 bits per heavy atom. The Bertz CT molecular complexity index is 705. The van der Waals surface area contributed by atoms with Crippen LogP contribution in [0.1, 0.15) is 59.4 Å². The summed E-state index contributed by atoms with van der Waals surface area (Å²) in [5, 5.41) is 2.98. The van der Waals surface area contributed by atoms with E-state index < -0.39 is 11.7 Å². The largest absolute Gasteiger partial charge is 0.493 e. The summed E-state index contributed by atoms with van der Waals surface area (Å²) in [7, 11) is 0. The highest BCUT2D eigenvalue weighted by atomic mass is 32.1. The second-order valence-corrected chi connectivity index (χ2v) is 10.3. The third-order valence-electron chi connectivity index (χ3n) is 5.08. The molecule has 0 aromatic heterocycles. The third-order valence-corrected chi connectivity index (χ3v) is 5.67. The van der Waals surface area contributed by atoms with E-state index in [1.54, 1.807) is 0 Å². The van der Waals surface area contributed by atoms with E-state index in [4.69, 9.17) is 22.3 Å². The number of ether oxygens (including phenoxy) is 2. The van der Waals surface area contributed by atoms with Crippen LogP contribution in [0.15, 0.2) is 30.3 Å². The molecule has 0 saturated carbocycles. The van der Waals surface area contributed by atoms with E-state index >= 15 is 0 Å². The van der Waals surface area contributed by atoms with Gasteiger partial charge in [0.1, 0.15) is 12.2 Å². The summed E-state index contributed by atoms with van der Waals surface area (Å²) in [5.74, 6) is 0.115. The highest BCUT2D eigenvalue weighted by Gasteiger charge is 2.41. The number of carbonyl (C=O) groups excluding carboxylic acids is 2. The Balaban J connectivity index is 2.02. The highest BCUT2D eigenvalue weighted by Crippen LogP contribution is 2.28. The van der Waals surface area contributed by atoms with Crippen molar-refractivity contribution in [2.24, 2.45) is 5.92 Å². The zero-order valence-electron chi connectivity index (χ0n) is 18.8. The molecule has 1 heterocycles. The summed E-state index contributed by atoms with van der Waals surface area (Å²) >= 11 is 5.93. The van der Waals surface area contributed by atoms with Crippen LogP contribution in [0.4, 0.5) is 4.79 Å². The van der Waals surface area contributed by atoms with Gasteiger partial charge < -0.3 is 31.5 Å². The minimum absolute atomic E-state index is 0.167. The highest BCUT2D eigenvalue weighted by molar-refractivity contribution is 7.52. The van der Waals surface area contributed by atoms with Crippen molar-refractivity contribution in [2.45, 2.75) is 78.2 Å². The molecule has 30 heavy (non-hydrogen) atoms. The molecule has 6 nitrogen and oxygen atoms in total. The van der Waals surface area contributed by atoms with Crippen LogP contribution in [-0.2, 0) is 33.7 Å². The van der Waals surface area contributed by atoms with E-state index in [2.05, 4.69) is 19.2 Å². The lowest BCUT2D eigenvalue weighted by Gasteiger charge is -2.47. The minimum Gasteiger partial charge on any atom is -0.493 e. The number of hydrogen-bond donors (Lipinski definition) is 1. The summed E-state index contributed by atoms with van der Waals surface area (Å²) in [4.78, 5) is 25.2. The van der Waals surface area contributed by atoms with Gasteiger partial charge in [0.2, 0.25) is 0 Å². The SMILES string of the molecule is CC(C)C[C@@H](C[N+]1([S-])CCC[C@H]1C(=O)OCc1ccccc1)NC(=O)OC(C)(C)C. The number of carbonyl (C=O) groups is 2. The summed E-state index contributed by atoms with van der Waals surface area (Å²) in [6, 6.07) is 9.08. The number of esters is 1. The van der Waals surface area contributed by atoms with E-state index in [0.717, 1.165) is 18.4 Å². The van der Waals surface area contributed by atoms with E-state index in [1.807, 2.05) is 51.1 Å². The molecule has 1 saturated heterocycles. The van der Waals surface area contributed by atoms with Gasteiger partial charge in [0.05, 0.1) is 19.1 Å². The number of amides is 1. The molecule has 0 bridgehead atoms. The van der Waals surface area contributed by atoms with Gasteiger partial charge in [0, 0.05) is 12.8 Å². The number of benzene rings is 1. The Morgan fingerprint density at radius 1 is 1.23 bits per heavy atom. The molecule has 1 aliphatic heterocycles. The molecular weight excluding hydrogens is 400 g/mol. The minimum atomic E-state index is -0.565. The van der Waals surface area contributed by atoms with E-state index in [-0.39, 0.29) is 28.5 Å². The fraction of sp³-hybridized carbons (Fsp3) is 0.652. The molecule has 168 valence electrons. The van der Waals surface area contributed by atoms with Crippen LogP contribution in [0.3, 0.4) is 0 Å². The van der Waals surface area contributed by atoms with Crippen molar-refractivity contribution in [3.05, 3.63) is 35.9 Å². The number of hydrogen-bond acceptors (Lipinski definition) is 5. The van der Waals surface area contributed by atoms with Gasteiger partial charge in [0.15, 0.2) is 6.04 Å². The first-order valence-corrected chi connectivity index (χ1v) is 11.1. The zero-order valence-corrected chi connectivity index (χ0v) is 19.7. The second-order valence-electron chi connectivity index (χ2n) is 9.58. The fourth-order valence-corrected chi connectivity index (χ4v) is 4.39. The van der Waals surface area contributed by atoms with Crippen LogP contribution in [0, 0.1) is 5.92 Å². The van der Waals surface area contributed by atoms with Crippen molar-refractivity contribution in [1.29, 1.82) is 0 Å². The van der Waals surface area contributed by atoms with Gasteiger partial charge in [-0.1, -0.05) is 44.2 Å². The van der Waals surface area contributed by atoms with Gasteiger partial charge in [-0.3, -0.25) is 0 Å². The number of alkyl carbamates (subject to hydrolysis) is 1. The van der Waals surface area contributed by atoms with Gasteiger partial charge in [0.25, 0.3) is 0 Å². The monoisotopic (exact) mass is 436 g/mol. The quantitative estimate of drug-likeness (QED) is 0.377. The number of nitrogens with one attached hydrogen (secondary N) is 1. The first-order chi connectivity index (χ1) is 14.0. The maximum atomic E-state index is 12.8. The zero-order chi connectivity index (χ0) is 22.4. The van der Waals surface area contributed by atoms with Crippen LogP contribution in [0.5, 0.6) is 0 Å². The maximum Gasteiger partial charge on any atom is 0.408 e. The van der Waals surface area contributed by atoms with Gasteiger partial charge in [-0.15, -0.1) is 0 Å². The smallest absolute Gasteiger partial charge is 0.408 e. The summed E-state index contributed by atoms with van der Waals surface area (Å²) < 4.78 is 11.2. The molecule has 1 unspecified atom stereocenters. The molecule has 1 N–H and O–H groups in total. The van der Waals surface area contributed by atoms with Crippen LogP contribution in [0.25, 0.3) is 0 Å². The van der Waals surface area contributed by atoms with E-state index in [0.29, 0.717) is 25.4 Å². The van der Waals surface area contributed by atoms with Crippen molar-refractivity contribution in [3.63, 3.8) is 0 Å². The van der Waals surface area contributed by atoms with Crippen LogP contribution < -0.4 is 5.32 Å². The first kappa shape index (κ1) is 24.5. The summed E-state index contributed by atoms with van der Waals surface area (Å²) in [6.45, 7) is 11.2. The van der Waals surface area contributed by atoms with E-state index in [9.17, 15) is 9.59 Å². The molecule has 7 heteroatoms. The topological polar surface area (TPSA) is 64.6 Å². The van der Waals surface area contributed by atoms with Crippen molar-refractivity contribution < 1.29 is 23.0 Å². The number of quaternary nitrogens is 1. The third kappa shape index (κ3) is 7.84. The molecule has 2 rings (SSSR count). The average molecular weight is 437 g/mol. The van der Waals surface area contributed by atoms with Crippen LogP contribution >= 0.6 is 0 Å². The van der Waals surface area contributed by atoms with Crippen LogP contribution in [0.2, 0.25) is 0 Å². The molecule has 1 aliphatic rings. The molecule has 1 amide bonds. The number of rotatable bonds is 8. The molecule has 1 aromatic rings. The Kier molecular flexibility index (Phi) is 8.62. The number of likely N-dealkylation sites (tertiary alicyclic amines) is 1. The lowest BCUT2D eigenvalue weighted by atomic mass is 10.0. The molecule has 1 fully saturated rings. The Morgan fingerprint density at radius 2 is 1.90 bits per heavy atom. The molecule has 0 aliphatic carbocycles. The van der Waals surface area contributed by atoms with Crippen molar-refractivity contribution in [3.8, 4) is 0 Å². The van der Waals surface area contributed by atoms with Crippen LogP contribution in [-0.4, -0.2) is 46.7 Å². The summed E-state index contributed by atoms with van der Waals surface area (Å²) in [6.07, 6.45) is 1.90. The van der Waals surface area contributed by atoms with Crippen molar-refractivity contribution in [2.75, 3.05) is 13.1 Å². The standard InChI is InChI=1S/C23H36N2O4S/c1-17(2)14-19(24-22(27)29-23(3,4)5)15-25(30)13-9-12-20(25)21(26)28-16-18-10-7-6-8-11-18/h6-8,10-11,17,19-20H,9,12-16H2,1-5H3,(H,24,27)/t19-,20-,25?/m0/s1. The normalized spacial score (nSPS) is 22.6. The van der Waals surface area contributed by atoms with E-state index in [1.165, 1.54) is 0 Å². The predicted molar refractivity (Wildman–Crippen MR) is 119 cm³/mol. The van der Waals surface area contributed by atoms with Gasteiger partial charge in [-0.25, -0.2) is 9.59 Å². The molecule has 0 spiro atoms. The summed E-state index contributed by atoms with van der Waals surface area (Å²) in [5.41, 5.74) is 0.389. The van der Waals surface area contributed by atoms with Gasteiger partial charge in [-0.05, 0) is 38.7 Å². The molecular formula is C23H36N2O4S. The number of nitrogens with zero attached hydrogens (tertiary/aromatic N) is 1. The van der Waals surface area contributed by atoms with Crippen molar-refractivity contribution in [1.82, 2.24) is 5.32 Å². The first-order valence-electron chi connectivity index (χ1n) is 10.8. The Labute approximate surface area is 186 Å². The lowest BCUT2D eigenvalue weighted by molar-refractivity contribution is -0.800. The fourth-order valence-electron chi connectivity index (χ4n) is 3.89. The maximum absolute atomic E-state index is 12.8. The Hall–Kier alpha value is -1.73. The lowest BCUT2D eigenvalue weighted by Crippen LogP contribution is -2.57. The second kappa shape index (κ2) is 10.5. The molecule has 0 radical (unpaired) electrons. The molecule has 1 aromatic carbocycles. The molecule has 3 atom stereocenters. The van der Waals surface area contributed by atoms with Gasteiger partial charge in [-0.2, -0.15) is 0 Å². The predicted octanol–water partition coefficient (Wildman–Crippen LogP) is 4.11.